The topological polar surface area (TPSA) is 75.6 Å². The van der Waals surface area contributed by atoms with E-state index in [0.717, 1.165) is 0 Å². The summed E-state index contributed by atoms with van der Waals surface area (Å²) in [5.74, 6) is -1.61. The van der Waals surface area contributed by atoms with Gasteiger partial charge in [0.25, 0.3) is 0 Å². The highest BCUT2D eigenvalue weighted by atomic mass is 19.1. The van der Waals surface area contributed by atoms with E-state index in [4.69, 9.17) is 9.84 Å². The molecule has 1 aromatic carbocycles. The van der Waals surface area contributed by atoms with Crippen LogP contribution >= 0.6 is 0 Å². The SMILES string of the molecule is COc1cccc(CCC(=O)NC(C)CC(=O)O)c1F. The monoisotopic (exact) mass is 283 g/mol. The molecule has 0 aliphatic rings. The molecule has 110 valence electrons. The van der Waals surface area contributed by atoms with Gasteiger partial charge in [-0.05, 0) is 25.0 Å². The number of aryl methyl sites for hydroxylation is 1. The molecule has 0 saturated carbocycles. The van der Waals surface area contributed by atoms with Gasteiger partial charge in [0.05, 0.1) is 13.5 Å². The quantitative estimate of drug-likeness (QED) is 0.799. The van der Waals surface area contributed by atoms with Gasteiger partial charge in [-0.3, -0.25) is 9.59 Å². The molecule has 0 aromatic heterocycles. The number of carboxylic acids is 1. The first-order chi connectivity index (χ1) is 9.43. The molecule has 2 N–H and O–H groups in total. The van der Waals surface area contributed by atoms with E-state index in [2.05, 4.69) is 5.32 Å². The van der Waals surface area contributed by atoms with Crippen molar-refractivity contribution < 1.29 is 23.8 Å². The molecule has 1 rings (SSSR count). The van der Waals surface area contributed by atoms with Gasteiger partial charge in [0.2, 0.25) is 5.91 Å². The summed E-state index contributed by atoms with van der Waals surface area (Å²) in [6.45, 7) is 1.61. The summed E-state index contributed by atoms with van der Waals surface area (Å²) in [5.41, 5.74) is 0.394. The summed E-state index contributed by atoms with van der Waals surface area (Å²) in [7, 11) is 1.38. The van der Waals surface area contributed by atoms with Crippen LogP contribution in [0.4, 0.5) is 4.39 Å². The van der Waals surface area contributed by atoms with E-state index in [0.29, 0.717) is 5.56 Å². The van der Waals surface area contributed by atoms with Crippen molar-refractivity contribution >= 4 is 11.9 Å². The Kier molecular flexibility index (Phi) is 5.96. The number of hydrogen-bond donors (Lipinski definition) is 2. The first-order valence-electron chi connectivity index (χ1n) is 6.26. The maximum Gasteiger partial charge on any atom is 0.305 e. The number of aliphatic carboxylic acids is 1. The maximum atomic E-state index is 13.8. The molecule has 0 aliphatic heterocycles. The van der Waals surface area contributed by atoms with Gasteiger partial charge in [0, 0.05) is 12.5 Å². The fourth-order valence-electron chi connectivity index (χ4n) is 1.82. The number of halogens is 1. The summed E-state index contributed by atoms with van der Waals surface area (Å²) in [4.78, 5) is 22.1. The van der Waals surface area contributed by atoms with Crippen molar-refractivity contribution in [3.05, 3.63) is 29.6 Å². The Bertz CT molecular complexity index is 490. The molecular weight excluding hydrogens is 265 g/mol. The van der Waals surface area contributed by atoms with E-state index < -0.39 is 17.8 Å². The Balaban J connectivity index is 2.51. The van der Waals surface area contributed by atoms with Crippen molar-refractivity contribution in [1.29, 1.82) is 0 Å². The highest BCUT2D eigenvalue weighted by Crippen LogP contribution is 2.20. The smallest absolute Gasteiger partial charge is 0.305 e. The van der Waals surface area contributed by atoms with Crippen LogP contribution in [-0.2, 0) is 16.0 Å². The molecule has 5 nitrogen and oxygen atoms in total. The van der Waals surface area contributed by atoms with E-state index >= 15 is 0 Å². The maximum absolute atomic E-state index is 13.8. The number of rotatable bonds is 7. The Hall–Kier alpha value is -2.11. The van der Waals surface area contributed by atoms with Crippen LogP contribution < -0.4 is 10.1 Å². The van der Waals surface area contributed by atoms with E-state index in [9.17, 15) is 14.0 Å². The molecule has 1 unspecified atom stereocenters. The summed E-state index contributed by atoms with van der Waals surface area (Å²) in [6, 6.07) is 4.30. The predicted molar refractivity (Wildman–Crippen MR) is 71.1 cm³/mol. The molecule has 0 fully saturated rings. The lowest BCUT2D eigenvalue weighted by Crippen LogP contribution is -2.34. The molecule has 0 spiro atoms. The normalized spacial score (nSPS) is 11.8. The minimum Gasteiger partial charge on any atom is -0.494 e. The van der Waals surface area contributed by atoms with Gasteiger partial charge >= 0.3 is 5.97 Å². The molecule has 0 radical (unpaired) electrons. The largest absolute Gasteiger partial charge is 0.494 e. The van der Waals surface area contributed by atoms with Gasteiger partial charge in [0.1, 0.15) is 0 Å². The van der Waals surface area contributed by atoms with E-state index in [1.165, 1.54) is 13.2 Å². The molecular formula is C14H18FNO4. The van der Waals surface area contributed by atoms with Crippen molar-refractivity contribution in [1.82, 2.24) is 5.32 Å². The zero-order valence-corrected chi connectivity index (χ0v) is 11.5. The van der Waals surface area contributed by atoms with Crippen molar-refractivity contribution in [3.63, 3.8) is 0 Å². The molecule has 6 heteroatoms. The number of methoxy groups -OCH3 is 1. The number of carboxylic acid groups (broad SMARTS) is 1. The van der Waals surface area contributed by atoms with Crippen LogP contribution in [0.5, 0.6) is 5.75 Å². The zero-order valence-electron chi connectivity index (χ0n) is 11.5. The highest BCUT2D eigenvalue weighted by Gasteiger charge is 2.13. The third-order valence-corrected chi connectivity index (χ3v) is 2.77. The Morgan fingerprint density at radius 2 is 2.15 bits per heavy atom. The second kappa shape index (κ2) is 7.47. The van der Waals surface area contributed by atoms with Gasteiger partial charge in [-0.2, -0.15) is 0 Å². The number of ether oxygens (including phenoxy) is 1. The van der Waals surface area contributed by atoms with Gasteiger partial charge < -0.3 is 15.2 Å². The number of nitrogens with one attached hydrogen (secondary N) is 1. The second-order valence-electron chi connectivity index (χ2n) is 4.50. The van der Waals surface area contributed by atoms with Gasteiger partial charge in [-0.25, -0.2) is 4.39 Å². The van der Waals surface area contributed by atoms with Crippen LogP contribution in [0.25, 0.3) is 0 Å². The summed E-state index contributed by atoms with van der Waals surface area (Å²) in [5, 5.41) is 11.1. The zero-order chi connectivity index (χ0) is 15.1. The number of benzene rings is 1. The van der Waals surface area contributed by atoms with E-state index in [1.807, 2.05) is 0 Å². The number of hydrogen-bond acceptors (Lipinski definition) is 3. The van der Waals surface area contributed by atoms with Crippen LogP contribution in [0.15, 0.2) is 18.2 Å². The molecule has 1 aromatic rings. The van der Waals surface area contributed by atoms with Crippen LogP contribution in [0, 0.1) is 5.82 Å². The van der Waals surface area contributed by atoms with Crippen molar-refractivity contribution in [2.75, 3.05) is 7.11 Å². The minimum absolute atomic E-state index is 0.0913. The summed E-state index contributed by atoms with van der Waals surface area (Å²) >= 11 is 0. The molecule has 1 atom stereocenters. The molecule has 0 heterocycles. The van der Waals surface area contributed by atoms with Crippen molar-refractivity contribution in [2.24, 2.45) is 0 Å². The van der Waals surface area contributed by atoms with Crippen LogP contribution in [0.1, 0.15) is 25.3 Å². The summed E-state index contributed by atoms with van der Waals surface area (Å²) < 4.78 is 18.7. The third-order valence-electron chi connectivity index (χ3n) is 2.77. The standard InChI is InChI=1S/C14H18FNO4/c1-9(8-13(18)19)16-12(17)7-6-10-4-3-5-11(20-2)14(10)15/h3-5,9H,6-8H2,1-2H3,(H,16,17)(H,18,19). The van der Waals surface area contributed by atoms with E-state index in [-0.39, 0.29) is 30.9 Å². The number of amides is 1. The predicted octanol–water partition coefficient (Wildman–Crippen LogP) is 1.75. The first-order valence-corrected chi connectivity index (χ1v) is 6.26. The van der Waals surface area contributed by atoms with Crippen LogP contribution in [0.3, 0.4) is 0 Å². The molecule has 0 aliphatic carbocycles. The van der Waals surface area contributed by atoms with Gasteiger partial charge in [0.15, 0.2) is 11.6 Å². The van der Waals surface area contributed by atoms with Gasteiger partial charge in [-0.1, -0.05) is 12.1 Å². The lowest BCUT2D eigenvalue weighted by molar-refractivity contribution is -0.137. The second-order valence-corrected chi connectivity index (χ2v) is 4.50. The average molecular weight is 283 g/mol. The minimum atomic E-state index is -0.975. The molecule has 0 saturated heterocycles. The Morgan fingerprint density at radius 3 is 2.75 bits per heavy atom. The Labute approximate surface area is 116 Å². The number of carbonyl (C=O) groups is 2. The van der Waals surface area contributed by atoms with Crippen molar-refractivity contribution in [2.45, 2.75) is 32.2 Å². The van der Waals surface area contributed by atoms with E-state index in [1.54, 1.807) is 19.1 Å². The van der Waals surface area contributed by atoms with Crippen LogP contribution in [0.2, 0.25) is 0 Å². The molecule has 1 amide bonds. The molecule has 0 bridgehead atoms. The Morgan fingerprint density at radius 1 is 1.45 bits per heavy atom. The number of carbonyl (C=O) groups excluding carboxylic acids is 1. The third kappa shape index (κ3) is 4.87. The first kappa shape index (κ1) is 15.9. The van der Waals surface area contributed by atoms with Crippen molar-refractivity contribution in [3.8, 4) is 5.75 Å². The highest BCUT2D eigenvalue weighted by molar-refractivity contribution is 5.77. The fourth-order valence-corrected chi connectivity index (χ4v) is 1.82. The lowest BCUT2D eigenvalue weighted by atomic mass is 10.1. The van der Waals surface area contributed by atoms with Crippen LogP contribution in [-0.4, -0.2) is 30.1 Å². The lowest BCUT2D eigenvalue weighted by Gasteiger charge is -2.12. The average Bonchev–Trinajstić information content (AvgIpc) is 2.36. The van der Waals surface area contributed by atoms with Gasteiger partial charge in [-0.15, -0.1) is 0 Å². The summed E-state index contributed by atoms with van der Waals surface area (Å²) in [6.07, 6.45) is 0.183. The molecule has 20 heavy (non-hydrogen) atoms. The fraction of sp³-hybridized carbons (Fsp3) is 0.429.